The first-order valence-electron chi connectivity index (χ1n) is 7.48. The molecule has 1 aromatic carbocycles. The van der Waals surface area contributed by atoms with E-state index in [0.29, 0.717) is 6.42 Å². The highest BCUT2D eigenvalue weighted by atomic mass is 32.1. The quantitative estimate of drug-likeness (QED) is 0.736. The molecule has 3 aromatic rings. The summed E-state index contributed by atoms with van der Waals surface area (Å²) < 4.78 is 0. The molecule has 0 bridgehead atoms. The number of carbonyl (C=O) groups is 1. The lowest BCUT2D eigenvalue weighted by atomic mass is 10.1. The summed E-state index contributed by atoms with van der Waals surface area (Å²) in [6.07, 6.45) is 0.371. The Morgan fingerprint density at radius 2 is 2.00 bits per heavy atom. The fourth-order valence-corrected chi connectivity index (χ4v) is 4.21. The number of carbonyl (C=O) groups excluding carboxylic acids is 1. The number of hydrogen-bond donors (Lipinski definition) is 1. The zero-order chi connectivity index (χ0) is 16.2. The molecule has 5 heteroatoms. The monoisotopic (exact) mass is 342 g/mol. The van der Waals surface area contributed by atoms with Gasteiger partial charge in [0, 0.05) is 4.88 Å². The average molecular weight is 342 g/mol. The second-order valence-electron chi connectivity index (χ2n) is 5.36. The first kappa shape index (κ1) is 15.9. The summed E-state index contributed by atoms with van der Waals surface area (Å²) in [7, 11) is 0. The summed E-state index contributed by atoms with van der Waals surface area (Å²) in [5.74, 6) is 0.0304. The minimum atomic E-state index is 0.00269. The summed E-state index contributed by atoms with van der Waals surface area (Å²) in [6.45, 7) is 3.99. The number of rotatable bonds is 5. The number of amides is 1. The van der Waals surface area contributed by atoms with Crippen molar-refractivity contribution < 1.29 is 4.79 Å². The average Bonchev–Trinajstić information content (AvgIpc) is 3.17. The standard InChI is InChI=1S/C18H18N2OS2/c1-12(14-7-4-3-5-8-14)19-17(21)11-16-18(20-13(2)23-16)15-9-6-10-22-15/h3-10,12H,11H2,1-2H3,(H,19,21). The molecule has 0 aliphatic carbocycles. The number of benzene rings is 1. The third kappa shape index (κ3) is 3.86. The Morgan fingerprint density at radius 3 is 2.70 bits per heavy atom. The highest BCUT2D eigenvalue weighted by Gasteiger charge is 2.17. The Morgan fingerprint density at radius 1 is 1.22 bits per heavy atom. The van der Waals surface area contributed by atoms with Crippen molar-refractivity contribution in [3.63, 3.8) is 0 Å². The molecule has 1 amide bonds. The van der Waals surface area contributed by atoms with Crippen molar-refractivity contribution in [3.8, 4) is 10.6 Å². The minimum Gasteiger partial charge on any atom is -0.349 e. The normalized spacial score (nSPS) is 12.1. The van der Waals surface area contributed by atoms with Crippen LogP contribution in [0, 0.1) is 6.92 Å². The van der Waals surface area contributed by atoms with Gasteiger partial charge in [0.15, 0.2) is 0 Å². The van der Waals surface area contributed by atoms with Crippen LogP contribution in [0.1, 0.15) is 28.4 Å². The van der Waals surface area contributed by atoms with Gasteiger partial charge in [-0.2, -0.15) is 0 Å². The van der Waals surface area contributed by atoms with Crippen LogP contribution in [0.4, 0.5) is 0 Å². The van der Waals surface area contributed by atoms with E-state index in [4.69, 9.17) is 0 Å². The highest BCUT2D eigenvalue weighted by molar-refractivity contribution is 7.15. The van der Waals surface area contributed by atoms with Crippen molar-refractivity contribution in [1.82, 2.24) is 10.3 Å². The van der Waals surface area contributed by atoms with Crippen LogP contribution in [-0.4, -0.2) is 10.9 Å². The zero-order valence-corrected chi connectivity index (χ0v) is 14.7. The van der Waals surface area contributed by atoms with Crippen LogP contribution in [0.2, 0.25) is 0 Å². The number of thiophene rings is 1. The van der Waals surface area contributed by atoms with Crippen LogP contribution in [0.25, 0.3) is 10.6 Å². The van der Waals surface area contributed by atoms with Gasteiger partial charge >= 0.3 is 0 Å². The van der Waals surface area contributed by atoms with E-state index in [2.05, 4.69) is 10.3 Å². The Hall–Kier alpha value is -1.98. The molecule has 0 aliphatic rings. The second kappa shape index (κ2) is 7.06. The Balaban J connectivity index is 1.71. The van der Waals surface area contributed by atoms with Gasteiger partial charge in [0.05, 0.1) is 28.0 Å². The van der Waals surface area contributed by atoms with Crippen molar-refractivity contribution in [2.24, 2.45) is 0 Å². The molecule has 2 aromatic heterocycles. The molecular weight excluding hydrogens is 324 g/mol. The van der Waals surface area contributed by atoms with E-state index >= 15 is 0 Å². The molecule has 0 saturated heterocycles. The van der Waals surface area contributed by atoms with E-state index in [-0.39, 0.29) is 11.9 Å². The fraction of sp³-hybridized carbons (Fsp3) is 0.222. The van der Waals surface area contributed by atoms with Crippen LogP contribution >= 0.6 is 22.7 Å². The van der Waals surface area contributed by atoms with Crippen molar-refractivity contribution >= 4 is 28.6 Å². The van der Waals surface area contributed by atoms with Crippen molar-refractivity contribution in [2.75, 3.05) is 0 Å². The molecule has 118 valence electrons. The van der Waals surface area contributed by atoms with Crippen molar-refractivity contribution in [2.45, 2.75) is 26.3 Å². The van der Waals surface area contributed by atoms with E-state index in [9.17, 15) is 4.79 Å². The van der Waals surface area contributed by atoms with E-state index in [0.717, 1.165) is 26.0 Å². The molecule has 3 nitrogen and oxygen atoms in total. The lowest BCUT2D eigenvalue weighted by Gasteiger charge is -2.14. The molecule has 0 saturated carbocycles. The van der Waals surface area contributed by atoms with Crippen LogP contribution < -0.4 is 5.32 Å². The number of aromatic nitrogens is 1. The summed E-state index contributed by atoms with van der Waals surface area (Å²) in [5.41, 5.74) is 2.06. The molecule has 2 heterocycles. The molecule has 0 spiro atoms. The summed E-state index contributed by atoms with van der Waals surface area (Å²) in [4.78, 5) is 19.1. The first-order valence-corrected chi connectivity index (χ1v) is 9.17. The molecule has 0 aliphatic heterocycles. The topological polar surface area (TPSA) is 42.0 Å². The lowest BCUT2D eigenvalue weighted by molar-refractivity contribution is -0.121. The van der Waals surface area contributed by atoms with Gasteiger partial charge in [0.25, 0.3) is 0 Å². The van der Waals surface area contributed by atoms with Gasteiger partial charge in [0.2, 0.25) is 5.91 Å². The Labute approximate surface area is 144 Å². The molecule has 1 atom stereocenters. The van der Waals surface area contributed by atoms with E-state index < -0.39 is 0 Å². The highest BCUT2D eigenvalue weighted by Crippen LogP contribution is 2.31. The van der Waals surface area contributed by atoms with Gasteiger partial charge in [-0.05, 0) is 30.9 Å². The van der Waals surface area contributed by atoms with Gasteiger partial charge in [-0.25, -0.2) is 4.98 Å². The number of hydrogen-bond acceptors (Lipinski definition) is 4. The lowest BCUT2D eigenvalue weighted by Crippen LogP contribution is -2.27. The first-order chi connectivity index (χ1) is 11.1. The third-order valence-electron chi connectivity index (χ3n) is 3.56. The minimum absolute atomic E-state index is 0.00269. The van der Waals surface area contributed by atoms with Gasteiger partial charge in [0.1, 0.15) is 0 Å². The number of thiazole rings is 1. The Bertz CT molecular complexity index is 779. The molecule has 1 N–H and O–H groups in total. The maximum absolute atomic E-state index is 12.4. The third-order valence-corrected chi connectivity index (χ3v) is 5.40. The molecule has 3 rings (SSSR count). The maximum Gasteiger partial charge on any atom is 0.225 e. The van der Waals surface area contributed by atoms with E-state index in [1.54, 1.807) is 22.7 Å². The van der Waals surface area contributed by atoms with Crippen LogP contribution in [0.5, 0.6) is 0 Å². The largest absolute Gasteiger partial charge is 0.349 e. The summed E-state index contributed by atoms with van der Waals surface area (Å²) >= 11 is 3.25. The number of aryl methyl sites for hydroxylation is 1. The molecule has 0 fully saturated rings. The molecule has 23 heavy (non-hydrogen) atoms. The zero-order valence-electron chi connectivity index (χ0n) is 13.1. The Kier molecular flexibility index (Phi) is 4.88. The second-order valence-corrected chi connectivity index (χ2v) is 7.59. The summed E-state index contributed by atoms with van der Waals surface area (Å²) in [5, 5.41) is 6.10. The van der Waals surface area contributed by atoms with Gasteiger partial charge in [-0.1, -0.05) is 36.4 Å². The van der Waals surface area contributed by atoms with Gasteiger partial charge < -0.3 is 5.32 Å². The van der Waals surface area contributed by atoms with Gasteiger partial charge in [-0.15, -0.1) is 22.7 Å². The van der Waals surface area contributed by atoms with Crippen LogP contribution in [0.15, 0.2) is 47.8 Å². The van der Waals surface area contributed by atoms with Crippen molar-refractivity contribution in [1.29, 1.82) is 0 Å². The maximum atomic E-state index is 12.4. The summed E-state index contributed by atoms with van der Waals surface area (Å²) in [6, 6.07) is 14.1. The number of nitrogens with zero attached hydrogens (tertiary/aromatic N) is 1. The predicted octanol–water partition coefficient (Wildman–Crippen LogP) is 4.60. The fourth-order valence-electron chi connectivity index (χ4n) is 2.46. The molecule has 1 unspecified atom stereocenters. The van der Waals surface area contributed by atoms with Crippen LogP contribution in [-0.2, 0) is 11.2 Å². The van der Waals surface area contributed by atoms with Crippen LogP contribution in [0.3, 0.4) is 0 Å². The predicted molar refractivity (Wildman–Crippen MR) is 96.9 cm³/mol. The van der Waals surface area contributed by atoms with E-state index in [1.165, 1.54) is 0 Å². The SMILES string of the molecule is Cc1nc(-c2cccs2)c(CC(=O)NC(C)c2ccccc2)s1. The van der Waals surface area contributed by atoms with E-state index in [1.807, 2.05) is 61.7 Å². The van der Waals surface area contributed by atoms with Crippen molar-refractivity contribution in [3.05, 3.63) is 63.3 Å². The molecule has 0 radical (unpaired) electrons. The van der Waals surface area contributed by atoms with Gasteiger partial charge in [-0.3, -0.25) is 4.79 Å². The molecular formula is C18H18N2OS2. The smallest absolute Gasteiger partial charge is 0.225 e. The number of nitrogens with one attached hydrogen (secondary N) is 1.